The largest absolute Gasteiger partial charge is 0.356 e. The van der Waals surface area contributed by atoms with Gasteiger partial charge in [-0.25, -0.2) is 0 Å². The number of aromatic nitrogens is 1. The maximum absolute atomic E-state index is 13.2. The molecule has 6 heteroatoms. The first-order valence-corrected chi connectivity index (χ1v) is 11.6. The summed E-state index contributed by atoms with van der Waals surface area (Å²) in [5, 5.41) is 5.09. The summed E-state index contributed by atoms with van der Waals surface area (Å²) in [4.78, 5) is 33.4. The molecule has 1 N–H and O–H groups in total. The molecule has 160 valence electrons. The van der Waals surface area contributed by atoms with Crippen molar-refractivity contribution in [3.05, 3.63) is 77.4 Å². The molecule has 2 amide bonds. The molecule has 1 atom stereocenters. The molecule has 5 nitrogen and oxygen atoms in total. The van der Waals surface area contributed by atoms with E-state index in [2.05, 4.69) is 46.0 Å². The summed E-state index contributed by atoms with van der Waals surface area (Å²) in [6, 6.07) is 16.2. The van der Waals surface area contributed by atoms with Crippen LogP contribution in [0.2, 0.25) is 0 Å². The molecule has 0 radical (unpaired) electrons. The molecule has 31 heavy (non-hydrogen) atoms. The van der Waals surface area contributed by atoms with Gasteiger partial charge in [-0.15, -0.1) is 11.3 Å². The second kappa shape index (κ2) is 9.43. The van der Waals surface area contributed by atoms with Gasteiger partial charge in [-0.3, -0.25) is 14.6 Å². The van der Waals surface area contributed by atoms with E-state index in [9.17, 15) is 9.59 Å². The maximum atomic E-state index is 13.2. The summed E-state index contributed by atoms with van der Waals surface area (Å²) in [6.07, 6.45) is 5.43. The van der Waals surface area contributed by atoms with Gasteiger partial charge in [0, 0.05) is 36.9 Å². The molecule has 0 aliphatic carbocycles. The van der Waals surface area contributed by atoms with Crippen molar-refractivity contribution < 1.29 is 9.59 Å². The van der Waals surface area contributed by atoms with Gasteiger partial charge in [-0.2, -0.15) is 0 Å². The fourth-order valence-corrected chi connectivity index (χ4v) is 5.09. The highest BCUT2D eigenvalue weighted by Crippen LogP contribution is 2.35. The van der Waals surface area contributed by atoms with Crippen LogP contribution in [0.1, 0.15) is 35.7 Å². The Bertz CT molecular complexity index is 1020. The molecule has 3 heterocycles. The van der Waals surface area contributed by atoms with Gasteiger partial charge in [0.15, 0.2) is 0 Å². The van der Waals surface area contributed by atoms with Crippen LogP contribution in [0.3, 0.4) is 0 Å². The number of carbonyl (C=O) groups excluding carboxylic acids is 2. The minimum atomic E-state index is -0.628. The maximum Gasteiger partial charge on any atom is 0.255 e. The number of carbonyl (C=O) groups is 2. The number of thiophene rings is 1. The monoisotopic (exact) mass is 433 g/mol. The Morgan fingerprint density at radius 3 is 2.68 bits per heavy atom. The molecule has 3 aromatic rings. The molecular formula is C25H27N3O2S. The molecule has 0 bridgehead atoms. The van der Waals surface area contributed by atoms with Crippen molar-refractivity contribution in [1.29, 1.82) is 0 Å². The third-order valence-electron chi connectivity index (χ3n) is 5.89. The Morgan fingerprint density at radius 2 is 2.00 bits per heavy atom. The summed E-state index contributed by atoms with van der Waals surface area (Å²) >= 11 is 1.72. The lowest BCUT2D eigenvalue weighted by Gasteiger charge is -2.42. The van der Waals surface area contributed by atoms with Crippen molar-refractivity contribution in [2.45, 2.75) is 26.2 Å². The topological polar surface area (TPSA) is 62.3 Å². The van der Waals surface area contributed by atoms with Crippen molar-refractivity contribution in [3.63, 3.8) is 0 Å². The average molecular weight is 434 g/mol. The third kappa shape index (κ3) is 4.69. The van der Waals surface area contributed by atoms with E-state index >= 15 is 0 Å². The van der Waals surface area contributed by atoms with Crippen LogP contribution in [-0.4, -0.2) is 41.3 Å². The van der Waals surface area contributed by atoms with Crippen LogP contribution in [-0.2, 0) is 11.2 Å². The molecule has 1 aromatic carbocycles. The van der Waals surface area contributed by atoms with Gasteiger partial charge in [0.2, 0.25) is 5.91 Å². The standard InChI is InChI=1S/C25H27N3O2S/c1-2-27-24(30)25(16-19-8-10-20(11-9-19)22-7-4-15-31-22)12-5-14-28(18-25)23(29)21-6-3-13-26-17-21/h3-4,6-11,13,15,17H,2,5,12,14,16,18H2,1H3,(H,27,30)/t25-/m0/s1. The van der Waals surface area contributed by atoms with Gasteiger partial charge >= 0.3 is 0 Å². The number of hydrogen-bond donors (Lipinski definition) is 1. The number of nitrogens with one attached hydrogen (secondary N) is 1. The van der Waals surface area contributed by atoms with E-state index in [1.165, 1.54) is 10.4 Å². The van der Waals surface area contributed by atoms with Crippen LogP contribution in [0.15, 0.2) is 66.3 Å². The van der Waals surface area contributed by atoms with E-state index < -0.39 is 5.41 Å². The Hall–Kier alpha value is -2.99. The number of piperidine rings is 1. The first-order chi connectivity index (χ1) is 15.1. The summed E-state index contributed by atoms with van der Waals surface area (Å²) in [6.45, 7) is 3.59. The lowest BCUT2D eigenvalue weighted by molar-refractivity contribution is -0.133. The normalized spacial score (nSPS) is 18.5. The SMILES string of the molecule is CCNC(=O)[C@]1(Cc2ccc(-c3cccs3)cc2)CCCN(C(=O)c2cccnc2)C1. The first-order valence-electron chi connectivity index (χ1n) is 10.7. The molecule has 1 saturated heterocycles. The predicted octanol–water partition coefficient (Wildman–Crippen LogP) is 4.41. The van der Waals surface area contributed by atoms with Crippen LogP contribution in [0.4, 0.5) is 0 Å². The highest BCUT2D eigenvalue weighted by molar-refractivity contribution is 7.13. The van der Waals surface area contributed by atoms with Crippen LogP contribution in [0, 0.1) is 5.41 Å². The van der Waals surface area contributed by atoms with Crippen LogP contribution < -0.4 is 5.32 Å². The zero-order chi connectivity index (χ0) is 21.7. The number of likely N-dealkylation sites (tertiary alicyclic amines) is 1. The van der Waals surface area contributed by atoms with Crippen LogP contribution >= 0.6 is 11.3 Å². The van der Waals surface area contributed by atoms with Gasteiger partial charge in [-0.05, 0) is 60.9 Å². The zero-order valence-corrected chi connectivity index (χ0v) is 18.5. The lowest BCUT2D eigenvalue weighted by atomic mass is 9.74. The fraction of sp³-hybridized carbons (Fsp3) is 0.320. The molecule has 1 aliphatic rings. The smallest absolute Gasteiger partial charge is 0.255 e. The Morgan fingerprint density at radius 1 is 1.16 bits per heavy atom. The van der Waals surface area contributed by atoms with Crippen LogP contribution in [0.25, 0.3) is 10.4 Å². The number of amides is 2. The van der Waals surface area contributed by atoms with Gasteiger partial charge in [-0.1, -0.05) is 30.3 Å². The number of hydrogen-bond acceptors (Lipinski definition) is 4. The molecule has 0 unspecified atom stereocenters. The molecule has 1 aliphatic heterocycles. The quantitative estimate of drug-likeness (QED) is 0.626. The minimum absolute atomic E-state index is 0.0287. The molecule has 4 rings (SSSR count). The fourth-order valence-electron chi connectivity index (χ4n) is 4.36. The predicted molar refractivity (Wildman–Crippen MR) is 124 cm³/mol. The first kappa shape index (κ1) is 21.2. The number of benzene rings is 1. The zero-order valence-electron chi connectivity index (χ0n) is 17.7. The number of rotatable bonds is 6. The molecule has 0 saturated carbocycles. The summed E-state index contributed by atoms with van der Waals surface area (Å²) in [5.41, 5.74) is 2.23. The highest BCUT2D eigenvalue weighted by Gasteiger charge is 2.43. The van der Waals surface area contributed by atoms with E-state index in [4.69, 9.17) is 0 Å². The molecular weight excluding hydrogens is 406 g/mol. The summed E-state index contributed by atoms with van der Waals surface area (Å²) in [7, 11) is 0. The minimum Gasteiger partial charge on any atom is -0.356 e. The van der Waals surface area contributed by atoms with Crippen molar-refractivity contribution in [1.82, 2.24) is 15.2 Å². The van der Waals surface area contributed by atoms with Gasteiger partial charge in [0.25, 0.3) is 5.91 Å². The highest BCUT2D eigenvalue weighted by atomic mass is 32.1. The van der Waals surface area contributed by atoms with Gasteiger partial charge < -0.3 is 10.2 Å². The molecule has 1 fully saturated rings. The lowest BCUT2D eigenvalue weighted by Crippen LogP contribution is -2.54. The summed E-state index contributed by atoms with van der Waals surface area (Å²) < 4.78 is 0. The van der Waals surface area contributed by atoms with E-state index in [1.807, 2.05) is 17.9 Å². The second-order valence-electron chi connectivity index (χ2n) is 8.06. The summed E-state index contributed by atoms with van der Waals surface area (Å²) in [5.74, 6) is -0.0319. The van der Waals surface area contributed by atoms with Crippen molar-refractivity contribution >= 4 is 23.2 Å². The molecule has 0 spiro atoms. The Balaban J connectivity index is 1.58. The average Bonchev–Trinajstić information content (AvgIpc) is 3.35. The van der Waals surface area contributed by atoms with E-state index in [-0.39, 0.29) is 11.8 Å². The second-order valence-corrected chi connectivity index (χ2v) is 9.01. The van der Waals surface area contributed by atoms with E-state index in [0.29, 0.717) is 31.6 Å². The molecule has 2 aromatic heterocycles. The van der Waals surface area contributed by atoms with Crippen LogP contribution in [0.5, 0.6) is 0 Å². The third-order valence-corrected chi connectivity index (χ3v) is 6.81. The number of nitrogens with zero attached hydrogens (tertiary/aromatic N) is 2. The van der Waals surface area contributed by atoms with E-state index in [0.717, 1.165) is 18.4 Å². The Kier molecular flexibility index (Phi) is 6.47. The van der Waals surface area contributed by atoms with Crippen molar-refractivity contribution in [2.75, 3.05) is 19.6 Å². The number of pyridine rings is 1. The van der Waals surface area contributed by atoms with Crippen molar-refractivity contribution in [3.8, 4) is 10.4 Å². The van der Waals surface area contributed by atoms with Gasteiger partial charge in [0.05, 0.1) is 11.0 Å². The van der Waals surface area contributed by atoms with E-state index in [1.54, 1.807) is 35.9 Å². The van der Waals surface area contributed by atoms with Crippen molar-refractivity contribution in [2.24, 2.45) is 5.41 Å². The Labute approximate surface area is 187 Å². The van der Waals surface area contributed by atoms with Gasteiger partial charge in [0.1, 0.15) is 0 Å².